The van der Waals surface area contributed by atoms with Gasteiger partial charge in [-0.3, -0.25) is 10.1 Å². The molecule has 0 saturated heterocycles. The van der Waals surface area contributed by atoms with Crippen LogP contribution in [0.15, 0.2) is 12.1 Å². The summed E-state index contributed by atoms with van der Waals surface area (Å²) < 4.78 is 13.6. The van der Waals surface area contributed by atoms with Gasteiger partial charge in [0, 0.05) is 18.2 Å². The van der Waals surface area contributed by atoms with Gasteiger partial charge in [-0.15, -0.1) is 0 Å². The highest BCUT2D eigenvalue weighted by Gasteiger charge is 2.22. The van der Waals surface area contributed by atoms with Crippen LogP contribution in [0.4, 0.5) is 15.8 Å². The highest BCUT2D eigenvalue weighted by molar-refractivity contribution is 5.90. The van der Waals surface area contributed by atoms with E-state index >= 15 is 0 Å². The van der Waals surface area contributed by atoms with E-state index in [0.717, 1.165) is 18.6 Å². The van der Waals surface area contributed by atoms with Crippen LogP contribution in [0.25, 0.3) is 0 Å². The van der Waals surface area contributed by atoms with Gasteiger partial charge in [0.15, 0.2) is 0 Å². The fourth-order valence-corrected chi connectivity index (χ4v) is 2.02. The van der Waals surface area contributed by atoms with Crippen LogP contribution in [-0.4, -0.2) is 22.0 Å². The number of hydrogen-bond donors (Lipinski definition) is 2. The van der Waals surface area contributed by atoms with Crippen molar-refractivity contribution in [3.8, 4) is 0 Å². The first-order valence-electron chi connectivity index (χ1n) is 6.20. The van der Waals surface area contributed by atoms with Crippen molar-refractivity contribution in [1.82, 2.24) is 0 Å². The molecule has 0 amide bonds. The number of hydrogen-bond acceptors (Lipinski definition) is 4. The van der Waals surface area contributed by atoms with E-state index in [0.29, 0.717) is 5.92 Å². The summed E-state index contributed by atoms with van der Waals surface area (Å²) in [5, 5.41) is 22.6. The van der Waals surface area contributed by atoms with E-state index in [9.17, 15) is 19.3 Å². The number of anilines is 1. The Morgan fingerprint density at radius 1 is 1.45 bits per heavy atom. The van der Waals surface area contributed by atoms with Gasteiger partial charge in [-0.1, -0.05) is 13.8 Å². The zero-order chi connectivity index (χ0) is 15.4. The minimum absolute atomic E-state index is 0.00866. The van der Waals surface area contributed by atoms with Crippen molar-refractivity contribution in [1.29, 1.82) is 0 Å². The van der Waals surface area contributed by atoms with Crippen LogP contribution in [0.5, 0.6) is 0 Å². The second-order valence-electron chi connectivity index (χ2n) is 5.09. The lowest BCUT2D eigenvalue weighted by Gasteiger charge is -2.17. The van der Waals surface area contributed by atoms with Gasteiger partial charge in [-0.2, -0.15) is 0 Å². The number of nitro benzene ring substituents is 1. The number of carboxylic acid groups (broad SMARTS) is 1. The second-order valence-corrected chi connectivity index (χ2v) is 5.09. The van der Waals surface area contributed by atoms with Crippen LogP contribution in [0, 0.1) is 21.8 Å². The monoisotopic (exact) mass is 284 g/mol. The molecule has 0 aliphatic rings. The third-order valence-corrected chi connectivity index (χ3v) is 2.74. The number of halogens is 1. The number of nitrogens with zero attached hydrogens (tertiary/aromatic N) is 1. The molecule has 0 bridgehead atoms. The van der Waals surface area contributed by atoms with Crippen molar-refractivity contribution in [2.75, 3.05) is 5.32 Å². The van der Waals surface area contributed by atoms with Gasteiger partial charge in [-0.05, 0) is 19.3 Å². The Kier molecular flexibility index (Phi) is 5.01. The third kappa shape index (κ3) is 3.91. The average molecular weight is 284 g/mol. The van der Waals surface area contributed by atoms with Crippen molar-refractivity contribution in [3.05, 3.63) is 33.6 Å². The average Bonchev–Trinajstić information content (AvgIpc) is 2.26. The highest BCUT2D eigenvalue weighted by atomic mass is 19.1. The largest absolute Gasteiger partial charge is 0.478 e. The molecular formula is C13H17FN2O4. The smallest absolute Gasteiger partial charge is 0.338 e. The molecule has 6 nitrogen and oxygen atoms in total. The number of aromatic carboxylic acids is 1. The normalized spacial score (nSPS) is 12.2. The maximum atomic E-state index is 13.6. The van der Waals surface area contributed by atoms with Crippen molar-refractivity contribution in [3.63, 3.8) is 0 Å². The van der Waals surface area contributed by atoms with Crippen LogP contribution in [0.1, 0.15) is 37.6 Å². The Morgan fingerprint density at radius 3 is 2.50 bits per heavy atom. The quantitative estimate of drug-likeness (QED) is 0.617. The lowest BCUT2D eigenvalue weighted by Crippen LogP contribution is -2.18. The molecule has 7 heteroatoms. The van der Waals surface area contributed by atoms with Gasteiger partial charge >= 0.3 is 5.97 Å². The van der Waals surface area contributed by atoms with Crippen LogP contribution in [-0.2, 0) is 0 Å². The predicted octanol–water partition coefficient (Wildman–Crippen LogP) is 3.28. The lowest BCUT2D eigenvalue weighted by molar-refractivity contribution is -0.384. The zero-order valence-electron chi connectivity index (χ0n) is 11.5. The Hall–Kier alpha value is -2.18. The molecule has 1 rings (SSSR count). The summed E-state index contributed by atoms with van der Waals surface area (Å²) in [6.45, 7) is 5.83. The number of rotatable bonds is 6. The van der Waals surface area contributed by atoms with E-state index in [4.69, 9.17) is 5.11 Å². The van der Waals surface area contributed by atoms with E-state index in [1.54, 1.807) is 0 Å². The molecule has 1 aromatic carbocycles. The van der Waals surface area contributed by atoms with Crippen LogP contribution < -0.4 is 5.32 Å². The molecule has 0 aliphatic heterocycles. The number of benzene rings is 1. The van der Waals surface area contributed by atoms with E-state index in [1.807, 2.05) is 20.8 Å². The number of nitrogens with one attached hydrogen (secondary N) is 1. The van der Waals surface area contributed by atoms with Crippen molar-refractivity contribution in [2.24, 2.45) is 5.92 Å². The summed E-state index contributed by atoms with van der Waals surface area (Å²) in [7, 11) is 0. The first-order valence-corrected chi connectivity index (χ1v) is 6.20. The van der Waals surface area contributed by atoms with E-state index in [-0.39, 0.29) is 11.7 Å². The molecule has 1 unspecified atom stereocenters. The number of carboxylic acids is 1. The summed E-state index contributed by atoms with van der Waals surface area (Å²) in [4.78, 5) is 21.0. The molecule has 110 valence electrons. The van der Waals surface area contributed by atoms with E-state index < -0.39 is 28.0 Å². The topological polar surface area (TPSA) is 92.5 Å². The van der Waals surface area contributed by atoms with Gasteiger partial charge in [-0.25, -0.2) is 9.18 Å². The first kappa shape index (κ1) is 15.9. The molecule has 0 radical (unpaired) electrons. The summed E-state index contributed by atoms with van der Waals surface area (Å²) in [6.07, 6.45) is 0.749. The molecule has 0 heterocycles. The molecular weight excluding hydrogens is 267 g/mol. The molecule has 2 N–H and O–H groups in total. The van der Waals surface area contributed by atoms with Crippen LogP contribution in [0.2, 0.25) is 0 Å². The Morgan fingerprint density at radius 2 is 2.05 bits per heavy atom. The van der Waals surface area contributed by atoms with Gasteiger partial charge < -0.3 is 10.4 Å². The number of carbonyl (C=O) groups is 1. The maximum Gasteiger partial charge on any atom is 0.338 e. The number of nitro groups is 1. The molecule has 0 spiro atoms. The van der Waals surface area contributed by atoms with Gasteiger partial charge in [0.25, 0.3) is 5.69 Å². The van der Waals surface area contributed by atoms with Gasteiger partial charge in [0.1, 0.15) is 17.1 Å². The predicted molar refractivity (Wildman–Crippen MR) is 72.6 cm³/mol. The minimum Gasteiger partial charge on any atom is -0.478 e. The maximum absolute atomic E-state index is 13.6. The van der Waals surface area contributed by atoms with Crippen molar-refractivity contribution < 1.29 is 19.2 Å². The van der Waals surface area contributed by atoms with Crippen LogP contribution in [0.3, 0.4) is 0 Å². The second kappa shape index (κ2) is 6.31. The first-order chi connectivity index (χ1) is 9.22. The fraction of sp³-hybridized carbons (Fsp3) is 0.462. The summed E-state index contributed by atoms with van der Waals surface area (Å²) in [6, 6.07) is 1.50. The Balaban J connectivity index is 3.15. The molecule has 1 aromatic rings. The van der Waals surface area contributed by atoms with Crippen LogP contribution >= 0.6 is 0 Å². The molecule has 0 aromatic heterocycles. The fourth-order valence-electron chi connectivity index (χ4n) is 2.02. The highest BCUT2D eigenvalue weighted by Crippen LogP contribution is 2.29. The van der Waals surface area contributed by atoms with Gasteiger partial charge in [0.05, 0.1) is 4.92 Å². The Labute approximate surface area is 115 Å². The molecule has 20 heavy (non-hydrogen) atoms. The molecule has 0 saturated carbocycles. The lowest BCUT2D eigenvalue weighted by atomic mass is 10.0. The van der Waals surface area contributed by atoms with E-state index in [1.165, 1.54) is 0 Å². The van der Waals surface area contributed by atoms with Crippen molar-refractivity contribution >= 4 is 17.3 Å². The SMILES string of the molecule is CC(C)CC(C)Nc1cc(F)c(C(=O)O)cc1[N+](=O)[O-]. The minimum atomic E-state index is -1.53. The molecule has 0 fully saturated rings. The van der Waals surface area contributed by atoms with Crippen molar-refractivity contribution in [2.45, 2.75) is 33.2 Å². The van der Waals surface area contributed by atoms with E-state index in [2.05, 4.69) is 5.32 Å². The summed E-state index contributed by atoms with van der Waals surface area (Å²) in [5.74, 6) is -2.16. The third-order valence-electron chi connectivity index (χ3n) is 2.74. The standard InChI is InChI=1S/C13H17FN2O4/c1-7(2)4-8(3)15-11-6-10(14)9(13(17)18)5-12(11)16(19)20/h5-8,15H,4H2,1-3H3,(H,17,18). The van der Waals surface area contributed by atoms with Gasteiger partial charge in [0.2, 0.25) is 0 Å². The molecule has 1 atom stereocenters. The zero-order valence-corrected chi connectivity index (χ0v) is 11.5. The molecule has 0 aliphatic carbocycles. The Bertz CT molecular complexity index is 531. The summed E-state index contributed by atoms with van der Waals surface area (Å²) in [5.41, 5.74) is -1.16. The summed E-state index contributed by atoms with van der Waals surface area (Å²) >= 11 is 0.